The molecule has 0 fully saturated rings. The van der Waals surface area contributed by atoms with Crippen LogP contribution in [0.5, 0.6) is 0 Å². The van der Waals surface area contributed by atoms with Crippen molar-refractivity contribution in [3.8, 4) is 0 Å². The molecular weight excluding hydrogens is 294 g/mol. The molecule has 3 aromatic carbocycles. The second kappa shape index (κ2) is 7.41. The van der Waals surface area contributed by atoms with E-state index >= 15 is 0 Å². The lowest BCUT2D eigenvalue weighted by Gasteiger charge is -2.21. The molecule has 0 unspecified atom stereocenters. The smallest absolute Gasteiger partial charge is 0.0773 e. The van der Waals surface area contributed by atoms with E-state index in [-0.39, 0.29) is 12.4 Å². The summed E-state index contributed by atoms with van der Waals surface area (Å²) >= 11 is 0. The fraction of sp³-hybridized carbons (Fsp3) is 0.158. The number of hydrogen-bond donors (Lipinski definition) is 2. The number of nitrogens with two attached hydrogens (primary N) is 1. The average molecular weight is 314 g/mol. The minimum absolute atomic E-state index is 0. The fourth-order valence-electron chi connectivity index (χ4n) is 2.73. The highest BCUT2D eigenvalue weighted by Gasteiger charge is 2.19. The summed E-state index contributed by atoms with van der Waals surface area (Å²) in [6.07, 6.45) is -0.0381. The molecule has 22 heavy (non-hydrogen) atoms. The van der Waals surface area contributed by atoms with Gasteiger partial charge in [-0.1, -0.05) is 72.8 Å². The maximum atomic E-state index is 10.5. The predicted molar refractivity (Wildman–Crippen MR) is 94.3 cm³/mol. The van der Waals surface area contributed by atoms with Crippen molar-refractivity contribution in [1.29, 1.82) is 0 Å². The normalized spacial score (nSPS) is 13.4. The third kappa shape index (κ3) is 3.47. The van der Waals surface area contributed by atoms with Crippen molar-refractivity contribution >= 4 is 23.2 Å². The molecule has 0 saturated heterocycles. The van der Waals surface area contributed by atoms with Gasteiger partial charge < -0.3 is 10.8 Å². The molecule has 3 aromatic rings. The largest absolute Gasteiger partial charge is 0.391 e. The van der Waals surface area contributed by atoms with E-state index in [0.717, 1.165) is 21.9 Å². The van der Waals surface area contributed by atoms with Gasteiger partial charge >= 0.3 is 0 Å². The molecule has 0 spiro atoms. The molecule has 0 aliphatic carbocycles. The molecule has 3 N–H and O–H groups in total. The number of aliphatic hydroxyl groups excluding tert-OH is 1. The second-order valence-corrected chi connectivity index (χ2v) is 5.35. The average Bonchev–Trinajstić information content (AvgIpc) is 2.54. The molecule has 0 heterocycles. The highest BCUT2D eigenvalue weighted by Crippen LogP contribution is 2.26. The van der Waals surface area contributed by atoms with E-state index in [1.165, 1.54) is 0 Å². The van der Waals surface area contributed by atoms with E-state index in [1.807, 2.05) is 54.6 Å². The van der Waals surface area contributed by atoms with Crippen LogP contribution in [0.2, 0.25) is 0 Å². The van der Waals surface area contributed by atoms with Crippen LogP contribution >= 0.6 is 12.4 Å². The van der Waals surface area contributed by atoms with Gasteiger partial charge in [-0.2, -0.15) is 0 Å². The molecule has 3 heteroatoms. The zero-order valence-corrected chi connectivity index (χ0v) is 13.0. The maximum absolute atomic E-state index is 10.5. The Kier molecular flexibility index (Phi) is 5.56. The summed E-state index contributed by atoms with van der Waals surface area (Å²) in [7, 11) is 0. The Morgan fingerprint density at radius 3 is 2.23 bits per heavy atom. The molecule has 0 radical (unpaired) electrons. The summed E-state index contributed by atoms with van der Waals surface area (Å²) in [6.45, 7) is 0. The Morgan fingerprint density at radius 1 is 0.818 bits per heavy atom. The van der Waals surface area contributed by atoms with Gasteiger partial charge in [0, 0.05) is 6.42 Å². The van der Waals surface area contributed by atoms with Crippen molar-refractivity contribution in [2.24, 2.45) is 5.73 Å². The SMILES string of the molecule is Cl.N[C@@H](c1cccc2ccccc12)[C@H](O)Cc1ccccc1. The van der Waals surface area contributed by atoms with Crippen molar-refractivity contribution < 1.29 is 5.11 Å². The summed E-state index contributed by atoms with van der Waals surface area (Å²) in [5.74, 6) is 0. The van der Waals surface area contributed by atoms with Crippen LogP contribution in [-0.4, -0.2) is 11.2 Å². The highest BCUT2D eigenvalue weighted by atomic mass is 35.5. The summed E-state index contributed by atoms with van der Waals surface area (Å²) in [5.41, 5.74) is 8.40. The molecule has 2 atom stereocenters. The van der Waals surface area contributed by atoms with Gasteiger partial charge in [0.05, 0.1) is 12.1 Å². The van der Waals surface area contributed by atoms with Gasteiger partial charge in [0.1, 0.15) is 0 Å². The zero-order valence-electron chi connectivity index (χ0n) is 12.2. The summed E-state index contributed by atoms with van der Waals surface area (Å²) in [6, 6.07) is 23.8. The van der Waals surface area contributed by atoms with Crippen molar-refractivity contribution in [3.63, 3.8) is 0 Å². The maximum Gasteiger partial charge on any atom is 0.0773 e. The zero-order chi connectivity index (χ0) is 14.7. The van der Waals surface area contributed by atoms with Gasteiger partial charge in [-0.15, -0.1) is 12.4 Å². The van der Waals surface area contributed by atoms with Gasteiger partial charge in [-0.3, -0.25) is 0 Å². The quantitative estimate of drug-likeness (QED) is 0.768. The Hall–Kier alpha value is -1.87. The van der Waals surface area contributed by atoms with E-state index in [9.17, 15) is 5.11 Å². The van der Waals surface area contributed by atoms with E-state index in [1.54, 1.807) is 0 Å². The lowest BCUT2D eigenvalue weighted by atomic mass is 9.93. The molecule has 0 saturated carbocycles. The first-order chi connectivity index (χ1) is 10.3. The number of rotatable bonds is 4. The first-order valence-corrected chi connectivity index (χ1v) is 7.21. The number of fused-ring (bicyclic) bond motifs is 1. The van der Waals surface area contributed by atoms with Crippen molar-refractivity contribution in [1.82, 2.24) is 0 Å². The van der Waals surface area contributed by atoms with E-state index in [0.29, 0.717) is 6.42 Å². The fourth-order valence-corrected chi connectivity index (χ4v) is 2.73. The van der Waals surface area contributed by atoms with E-state index < -0.39 is 12.1 Å². The van der Waals surface area contributed by atoms with Crippen LogP contribution < -0.4 is 5.73 Å². The lowest BCUT2D eigenvalue weighted by molar-refractivity contribution is 0.145. The summed E-state index contributed by atoms with van der Waals surface area (Å²) < 4.78 is 0. The van der Waals surface area contributed by atoms with E-state index in [4.69, 9.17) is 5.73 Å². The van der Waals surface area contributed by atoms with Crippen LogP contribution in [0.15, 0.2) is 72.8 Å². The van der Waals surface area contributed by atoms with Crippen LogP contribution in [0, 0.1) is 0 Å². The molecule has 0 aliphatic rings. The highest BCUT2D eigenvalue weighted by molar-refractivity contribution is 5.86. The lowest BCUT2D eigenvalue weighted by Crippen LogP contribution is -2.28. The monoisotopic (exact) mass is 313 g/mol. The van der Waals surface area contributed by atoms with Crippen LogP contribution in [-0.2, 0) is 6.42 Å². The number of aliphatic hydroxyl groups is 1. The number of hydrogen-bond acceptors (Lipinski definition) is 2. The third-order valence-electron chi connectivity index (χ3n) is 3.88. The van der Waals surface area contributed by atoms with Crippen LogP contribution in [0.4, 0.5) is 0 Å². The first kappa shape index (κ1) is 16.5. The standard InChI is InChI=1S/C19H19NO.ClH/c20-19(18(21)13-14-7-2-1-3-8-14)17-12-6-10-15-9-4-5-11-16(15)17;/h1-12,18-19,21H,13,20H2;1H/t18-,19+;/m1./s1. The molecule has 0 aliphatic heterocycles. The van der Waals surface area contributed by atoms with Crippen molar-refractivity contribution in [2.75, 3.05) is 0 Å². The Bertz CT molecular complexity index is 724. The molecule has 3 rings (SSSR count). The Labute approximate surface area is 137 Å². The predicted octanol–water partition coefficient (Wildman–Crippen LogP) is 3.87. The Morgan fingerprint density at radius 2 is 1.45 bits per heavy atom. The molecule has 2 nitrogen and oxygen atoms in total. The molecule has 114 valence electrons. The molecule has 0 aromatic heterocycles. The molecular formula is C19H20ClNO. The van der Waals surface area contributed by atoms with Crippen LogP contribution in [0.25, 0.3) is 10.8 Å². The Balaban J connectivity index is 0.00000176. The number of benzene rings is 3. The van der Waals surface area contributed by atoms with Gasteiger partial charge in [0.25, 0.3) is 0 Å². The summed E-state index contributed by atoms with van der Waals surface area (Å²) in [5, 5.41) is 12.7. The van der Waals surface area contributed by atoms with E-state index in [2.05, 4.69) is 18.2 Å². The van der Waals surface area contributed by atoms with Gasteiger partial charge in [-0.25, -0.2) is 0 Å². The van der Waals surface area contributed by atoms with Crippen LogP contribution in [0.1, 0.15) is 17.2 Å². The van der Waals surface area contributed by atoms with Crippen molar-refractivity contribution in [3.05, 3.63) is 83.9 Å². The second-order valence-electron chi connectivity index (χ2n) is 5.35. The van der Waals surface area contributed by atoms with Gasteiger partial charge in [-0.05, 0) is 21.9 Å². The minimum atomic E-state index is -0.599. The van der Waals surface area contributed by atoms with Crippen molar-refractivity contribution in [2.45, 2.75) is 18.6 Å². The molecule has 0 bridgehead atoms. The minimum Gasteiger partial charge on any atom is -0.391 e. The topological polar surface area (TPSA) is 46.2 Å². The molecule has 0 amide bonds. The summed E-state index contributed by atoms with van der Waals surface area (Å²) in [4.78, 5) is 0. The van der Waals surface area contributed by atoms with Gasteiger partial charge in [0.15, 0.2) is 0 Å². The van der Waals surface area contributed by atoms with Crippen LogP contribution in [0.3, 0.4) is 0 Å². The third-order valence-corrected chi connectivity index (χ3v) is 3.88. The van der Waals surface area contributed by atoms with Gasteiger partial charge in [0.2, 0.25) is 0 Å². The first-order valence-electron chi connectivity index (χ1n) is 7.21. The number of halogens is 1.